The highest BCUT2D eigenvalue weighted by Gasteiger charge is 2.29. The molecular weight excluding hydrogens is 520 g/mol. The average molecular weight is 559 g/mol. The quantitative estimate of drug-likeness (QED) is 0.222. The van der Waals surface area contributed by atoms with Gasteiger partial charge in [0.25, 0.3) is 0 Å². The molecule has 0 aliphatic heterocycles. The summed E-state index contributed by atoms with van der Waals surface area (Å²) in [5.74, 6) is -0.471. The van der Waals surface area contributed by atoms with Gasteiger partial charge in [-0.05, 0) is 49.6 Å². The minimum absolute atomic E-state index is 0.0122. The normalized spacial score (nSPS) is 12.4. The Bertz CT molecular complexity index is 1270. The minimum Gasteiger partial charge on any atom is -0.489 e. The molecule has 0 fully saturated rings. The first-order valence-corrected chi connectivity index (χ1v) is 13.5. The number of rotatable bonds is 13. The Hall–Kier alpha value is -4.59. The molecule has 0 spiro atoms. The predicted molar refractivity (Wildman–Crippen MR) is 157 cm³/mol. The standard InChI is InChI=1S/C33H38N2O6/c1-5-20-39-31(37)29(22-24-12-8-6-9-13-24)34-30(36)28(35-32(38)41-33(2,3)4)21-25-16-18-27(19-17-25)40-23-26-14-10-7-11-15-26/h5-19,28-29H,1,20-23H2,2-4H3,(H,34,36)(H,35,38)/t28-,29-/m0/s1. The Morgan fingerprint density at radius 1 is 0.780 bits per heavy atom. The van der Waals surface area contributed by atoms with E-state index in [1.54, 1.807) is 20.8 Å². The first-order valence-electron chi connectivity index (χ1n) is 13.5. The number of benzene rings is 3. The van der Waals surface area contributed by atoms with E-state index in [1.165, 1.54) is 6.08 Å². The van der Waals surface area contributed by atoms with Gasteiger partial charge in [0.05, 0.1) is 0 Å². The maximum absolute atomic E-state index is 13.5. The second-order valence-electron chi connectivity index (χ2n) is 10.5. The third kappa shape index (κ3) is 11.2. The zero-order valence-electron chi connectivity index (χ0n) is 23.8. The lowest BCUT2D eigenvalue weighted by molar-refractivity contribution is -0.146. The Morgan fingerprint density at radius 3 is 1.93 bits per heavy atom. The molecular formula is C33H38N2O6. The Kier molecular flexibility index (Phi) is 11.5. The van der Waals surface area contributed by atoms with Gasteiger partial charge in [0.2, 0.25) is 5.91 Å². The summed E-state index contributed by atoms with van der Waals surface area (Å²) < 4.78 is 16.5. The van der Waals surface area contributed by atoms with Crippen molar-refractivity contribution < 1.29 is 28.6 Å². The van der Waals surface area contributed by atoms with Gasteiger partial charge in [0.15, 0.2) is 0 Å². The van der Waals surface area contributed by atoms with Crippen molar-refractivity contribution >= 4 is 18.0 Å². The van der Waals surface area contributed by atoms with Crippen LogP contribution in [0, 0.1) is 0 Å². The van der Waals surface area contributed by atoms with Crippen LogP contribution >= 0.6 is 0 Å². The number of amides is 2. The number of esters is 1. The summed E-state index contributed by atoms with van der Waals surface area (Å²) in [5, 5.41) is 5.43. The number of carbonyl (C=O) groups excluding carboxylic acids is 3. The molecule has 0 saturated heterocycles. The van der Waals surface area contributed by atoms with Gasteiger partial charge in [0, 0.05) is 12.8 Å². The number of alkyl carbamates (subject to hydrolysis) is 1. The fraction of sp³-hybridized carbons (Fsp3) is 0.303. The molecule has 0 heterocycles. The third-order valence-electron chi connectivity index (χ3n) is 5.85. The van der Waals surface area contributed by atoms with Crippen LogP contribution in [0.5, 0.6) is 5.75 Å². The van der Waals surface area contributed by atoms with Crippen LogP contribution in [0.25, 0.3) is 0 Å². The van der Waals surface area contributed by atoms with Crippen LogP contribution < -0.4 is 15.4 Å². The van der Waals surface area contributed by atoms with E-state index in [0.717, 1.165) is 16.7 Å². The largest absolute Gasteiger partial charge is 0.489 e. The van der Waals surface area contributed by atoms with Crippen molar-refractivity contribution in [2.24, 2.45) is 0 Å². The van der Waals surface area contributed by atoms with E-state index in [-0.39, 0.29) is 19.4 Å². The number of hydrogen-bond donors (Lipinski definition) is 2. The molecule has 0 unspecified atom stereocenters. The van der Waals surface area contributed by atoms with Crippen LogP contribution in [0.15, 0.2) is 97.6 Å². The van der Waals surface area contributed by atoms with Crippen LogP contribution in [-0.4, -0.2) is 42.3 Å². The van der Waals surface area contributed by atoms with Crippen molar-refractivity contribution in [3.63, 3.8) is 0 Å². The van der Waals surface area contributed by atoms with Gasteiger partial charge in [0.1, 0.15) is 36.6 Å². The molecule has 2 atom stereocenters. The molecule has 41 heavy (non-hydrogen) atoms. The molecule has 0 aliphatic carbocycles. The van der Waals surface area contributed by atoms with Crippen molar-refractivity contribution in [1.29, 1.82) is 0 Å². The summed E-state index contributed by atoms with van der Waals surface area (Å²) in [6.45, 7) is 9.22. The van der Waals surface area contributed by atoms with Crippen molar-refractivity contribution in [2.45, 2.75) is 57.9 Å². The molecule has 0 bridgehead atoms. The van der Waals surface area contributed by atoms with Crippen molar-refractivity contribution in [1.82, 2.24) is 10.6 Å². The molecule has 2 amide bonds. The summed E-state index contributed by atoms with van der Waals surface area (Å²) in [4.78, 5) is 39.0. The Morgan fingerprint density at radius 2 is 1.34 bits per heavy atom. The van der Waals surface area contributed by atoms with Crippen molar-refractivity contribution in [2.75, 3.05) is 6.61 Å². The zero-order chi connectivity index (χ0) is 29.7. The van der Waals surface area contributed by atoms with E-state index in [0.29, 0.717) is 12.4 Å². The van der Waals surface area contributed by atoms with E-state index in [4.69, 9.17) is 14.2 Å². The Balaban J connectivity index is 1.74. The van der Waals surface area contributed by atoms with E-state index < -0.39 is 35.7 Å². The summed E-state index contributed by atoms with van der Waals surface area (Å²) in [6, 6.07) is 24.4. The highest BCUT2D eigenvalue weighted by molar-refractivity contribution is 5.90. The lowest BCUT2D eigenvalue weighted by atomic mass is 10.0. The van der Waals surface area contributed by atoms with Gasteiger partial charge in [-0.1, -0.05) is 85.5 Å². The van der Waals surface area contributed by atoms with Crippen LogP contribution in [0.4, 0.5) is 4.79 Å². The van der Waals surface area contributed by atoms with Gasteiger partial charge >= 0.3 is 12.1 Å². The molecule has 0 aliphatic rings. The van der Waals surface area contributed by atoms with E-state index in [2.05, 4.69) is 17.2 Å². The molecule has 0 radical (unpaired) electrons. The smallest absolute Gasteiger partial charge is 0.408 e. The molecule has 0 aromatic heterocycles. The molecule has 216 valence electrons. The monoisotopic (exact) mass is 558 g/mol. The van der Waals surface area contributed by atoms with Gasteiger partial charge in [-0.2, -0.15) is 0 Å². The first-order chi connectivity index (χ1) is 19.6. The number of ether oxygens (including phenoxy) is 3. The SMILES string of the molecule is C=CCOC(=O)[C@H](Cc1ccccc1)NC(=O)[C@H](Cc1ccc(OCc2ccccc2)cc1)NC(=O)OC(C)(C)C. The summed E-state index contributed by atoms with van der Waals surface area (Å²) in [6.07, 6.45) is 1.09. The highest BCUT2D eigenvalue weighted by atomic mass is 16.6. The maximum Gasteiger partial charge on any atom is 0.408 e. The lowest BCUT2D eigenvalue weighted by Gasteiger charge is -2.25. The average Bonchev–Trinajstić information content (AvgIpc) is 2.95. The van der Waals surface area contributed by atoms with Crippen molar-refractivity contribution in [3.8, 4) is 5.75 Å². The second kappa shape index (κ2) is 15.3. The van der Waals surface area contributed by atoms with Gasteiger partial charge in [-0.25, -0.2) is 9.59 Å². The molecule has 3 aromatic carbocycles. The third-order valence-corrected chi connectivity index (χ3v) is 5.85. The fourth-order valence-corrected chi connectivity index (χ4v) is 3.91. The van der Waals surface area contributed by atoms with Gasteiger partial charge in [-0.3, -0.25) is 4.79 Å². The maximum atomic E-state index is 13.5. The van der Waals surface area contributed by atoms with E-state index >= 15 is 0 Å². The lowest BCUT2D eigenvalue weighted by Crippen LogP contribution is -2.54. The molecule has 8 nitrogen and oxygen atoms in total. The molecule has 3 aromatic rings. The molecule has 2 N–H and O–H groups in total. The fourth-order valence-electron chi connectivity index (χ4n) is 3.91. The Labute approximate surface area is 241 Å². The number of carbonyl (C=O) groups is 3. The zero-order valence-corrected chi connectivity index (χ0v) is 23.8. The van der Waals surface area contributed by atoms with Crippen molar-refractivity contribution in [3.05, 3.63) is 114 Å². The molecule has 3 rings (SSSR count). The van der Waals surface area contributed by atoms with Gasteiger partial charge < -0.3 is 24.8 Å². The highest BCUT2D eigenvalue weighted by Crippen LogP contribution is 2.16. The van der Waals surface area contributed by atoms with E-state index in [9.17, 15) is 14.4 Å². The summed E-state index contributed by atoms with van der Waals surface area (Å²) >= 11 is 0. The van der Waals surface area contributed by atoms with E-state index in [1.807, 2.05) is 84.9 Å². The minimum atomic E-state index is -1.02. The van der Waals surface area contributed by atoms with Gasteiger partial charge in [-0.15, -0.1) is 0 Å². The second-order valence-corrected chi connectivity index (χ2v) is 10.5. The number of hydrogen-bond acceptors (Lipinski definition) is 6. The first kappa shape index (κ1) is 30.9. The summed E-state index contributed by atoms with van der Waals surface area (Å²) in [5.41, 5.74) is 1.91. The van der Waals surface area contributed by atoms with Crippen LogP contribution in [0.1, 0.15) is 37.5 Å². The van der Waals surface area contributed by atoms with Crippen LogP contribution in [0.2, 0.25) is 0 Å². The topological polar surface area (TPSA) is 103 Å². The van der Waals surface area contributed by atoms with Crippen LogP contribution in [0.3, 0.4) is 0 Å². The summed E-state index contributed by atoms with van der Waals surface area (Å²) in [7, 11) is 0. The molecule has 0 saturated carbocycles. The number of nitrogens with one attached hydrogen (secondary N) is 2. The predicted octanol–water partition coefficient (Wildman–Crippen LogP) is 5.16. The molecule has 8 heteroatoms. The van der Waals surface area contributed by atoms with Crippen LogP contribution in [-0.2, 0) is 38.5 Å².